The van der Waals surface area contributed by atoms with Crippen LogP contribution in [0.1, 0.15) is 10.4 Å². The van der Waals surface area contributed by atoms with Crippen molar-refractivity contribution < 1.29 is 14.3 Å². The van der Waals surface area contributed by atoms with E-state index in [0.717, 1.165) is 0 Å². The van der Waals surface area contributed by atoms with Crippen LogP contribution in [0.15, 0.2) is 54.9 Å². The van der Waals surface area contributed by atoms with Crippen LogP contribution in [-0.4, -0.2) is 29.1 Å². The summed E-state index contributed by atoms with van der Waals surface area (Å²) < 4.78 is 4.55. The third-order valence-corrected chi connectivity index (χ3v) is 3.97. The number of anilines is 3. The molecule has 1 aromatic carbocycles. The van der Waals surface area contributed by atoms with Crippen molar-refractivity contribution >= 4 is 40.8 Å². The molecule has 9 heteroatoms. The van der Waals surface area contributed by atoms with E-state index in [1.165, 1.54) is 19.5 Å². The summed E-state index contributed by atoms with van der Waals surface area (Å²) in [5.41, 5.74) is 8.47. The Hall–Kier alpha value is -3.65. The molecule has 0 aliphatic carbocycles. The fraction of sp³-hybridized carbons (Fsp3) is 0.0526. The number of ether oxygens (including phenoxy) is 1. The number of carbonyl (C=O) groups excluding carboxylic acids is 2. The average molecular weight is 398 g/mol. The number of hydrogen-bond acceptors (Lipinski definition) is 6. The molecule has 142 valence electrons. The van der Waals surface area contributed by atoms with Crippen LogP contribution in [-0.2, 0) is 4.74 Å². The molecule has 0 saturated carbocycles. The van der Waals surface area contributed by atoms with Gasteiger partial charge in [0.25, 0.3) is 5.91 Å². The number of methoxy groups -OCH3 is 1. The molecule has 0 spiro atoms. The Morgan fingerprint density at radius 3 is 2.57 bits per heavy atom. The number of nitrogen functional groups attached to an aromatic ring is 1. The maximum atomic E-state index is 12.5. The Kier molecular flexibility index (Phi) is 5.71. The summed E-state index contributed by atoms with van der Waals surface area (Å²) in [5.74, 6) is 0.0338. The minimum Gasteiger partial charge on any atom is -0.453 e. The predicted molar refractivity (Wildman–Crippen MR) is 107 cm³/mol. The van der Waals surface area contributed by atoms with Gasteiger partial charge in [-0.2, -0.15) is 0 Å². The van der Waals surface area contributed by atoms with E-state index in [1.54, 1.807) is 42.5 Å². The molecule has 0 aliphatic rings. The van der Waals surface area contributed by atoms with Gasteiger partial charge in [-0.15, -0.1) is 0 Å². The van der Waals surface area contributed by atoms with Gasteiger partial charge in [-0.1, -0.05) is 11.6 Å². The maximum Gasteiger partial charge on any atom is 0.411 e. The lowest BCUT2D eigenvalue weighted by molar-refractivity contribution is 0.102. The first kappa shape index (κ1) is 19.1. The quantitative estimate of drug-likeness (QED) is 0.576. The molecule has 3 rings (SSSR count). The molecule has 2 aromatic heterocycles. The first-order valence-corrected chi connectivity index (χ1v) is 8.48. The van der Waals surface area contributed by atoms with Crippen LogP contribution in [0.3, 0.4) is 0 Å². The molecule has 3 aromatic rings. The summed E-state index contributed by atoms with van der Waals surface area (Å²) in [4.78, 5) is 32.1. The summed E-state index contributed by atoms with van der Waals surface area (Å²) in [7, 11) is 1.27. The SMILES string of the molecule is COC(=O)Nc1ccc(-c2cc(C(=O)Nc3ccc(Cl)cn3)ccn2)c(N)c1. The van der Waals surface area contributed by atoms with Crippen molar-refractivity contribution in [3.8, 4) is 11.3 Å². The Balaban J connectivity index is 1.81. The van der Waals surface area contributed by atoms with Gasteiger partial charge in [0, 0.05) is 34.9 Å². The number of benzene rings is 1. The van der Waals surface area contributed by atoms with E-state index in [2.05, 4.69) is 25.3 Å². The standard InChI is InChI=1S/C19H16ClN5O3/c1-28-19(27)24-13-3-4-14(15(21)9-13)16-8-11(6-7-22-16)18(26)25-17-5-2-12(20)10-23-17/h2-10H,21H2,1H3,(H,24,27)(H,23,25,26). The van der Waals surface area contributed by atoms with Gasteiger partial charge < -0.3 is 15.8 Å². The molecule has 0 fully saturated rings. The number of pyridine rings is 2. The van der Waals surface area contributed by atoms with E-state index < -0.39 is 6.09 Å². The minimum atomic E-state index is -0.597. The van der Waals surface area contributed by atoms with E-state index in [4.69, 9.17) is 17.3 Å². The second-order valence-electron chi connectivity index (χ2n) is 5.66. The van der Waals surface area contributed by atoms with Crippen LogP contribution in [0.5, 0.6) is 0 Å². The zero-order chi connectivity index (χ0) is 20.1. The zero-order valence-electron chi connectivity index (χ0n) is 14.8. The summed E-state index contributed by atoms with van der Waals surface area (Å²) in [6, 6.07) is 11.4. The summed E-state index contributed by atoms with van der Waals surface area (Å²) in [6.45, 7) is 0. The van der Waals surface area contributed by atoms with Crippen molar-refractivity contribution in [1.82, 2.24) is 9.97 Å². The molecule has 0 atom stereocenters. The highest BCUT2D eigenvalue weighted by molar-refractivity contribution is 6.30. The summed E-state index contributed by atoms with van der Waals surface area (Å²) in [6.07, 6.45) is 2.36. The highest BCUT2D eigenvalue weighted by Crippen LogP contribution is 2.28. The van der Waals surface area contributed by atoms with Gasteiger partial charge in [0.2, 0.25) is 0 Å². The number of carbonyl (C=O) groups is 2. The molecule has 2 amide bonds. The topological polar surface area (TPSA) is 119 Å². The number of amides is 2. The van der Waals surface area contributed by atoms with Gasteiger partial charge >= 0.3 is 6.09 Å². The highest BCUT2D eigenvalue weighted by Gasteiger charge is 2.12. The first-order chi connectivity index (χ1) is 13.5. The summed E-state index contributed by atoms with van der Waals surface area (Å²) in [5, 5.41) is 5.69. The maximum absolute atomic E-state index is 12.5. The third kappa shape index (κ3) is 4.54. The van der Waals surface area contributed by atoms with Crippen molar-refractivity contribution in [2.45, 2.75) is 0 Å². The number of nitrogens with two attached hydrogens (primary N) is 1. The van der Waals surface area contributed by atoms with Crippen molar-refractivity contribution in [2.75, 3.05) is 23.5 Å². The van der Waals surface area contributed by atoms with Crippen molar-refractivity contribution in [1.29, 1.82) is 0 Å². The van der Waals surface area contributed by atoms with E-state index in [9.17, 15) is 9.59 Å². The van der Waals surface area contributed by atoms with Crippen LogP contribution < -0.4 is 16.4 Å². The van der Waals surface area contributed by atoms with Crippen molar-refractivity contribution in [3.63, 3.8) is 0 Å². The van der Waals surface area contributed by atoms with Crippen LogP contribution >= 0.6 is 11.6 Å². The van der Waals surface area contributed by atoms with Gasteiger partial charge in [-0.25, -0.2) is 9.78 Å². The van der Waals surface area contributed by atoms with Gasteiger partial charge in [-0.05, 0) is 42.5 Å². The molecule has 2 heterocycles. The van der Waals surface area contributed by atoms with E-state index in [-0.39, 0.29) is 5.91 Å². The molecule has 0 unspecified atom stereocenters. The van der Waals surface area contributed by atoms with Gasteiger partial charge in [0.15, 0.2) is 0 Å². The Morgan fingerprint density at radius 2 is 1.89 bits per heavy atom. The molecule has 8 nitrogen and oxygen atoms in total. The number of rotatable bonds is 4. The molecule has 4 N–H and O–H groups in total. The number of nitrogens with one attached hydrogen (secondary N) is 2. The molecule has 0 radical (unpaired) electrons. The normalized spacial score (nSPS) is 10.2. The molecule has 0 aliphatic heterocycles. The van der Waals surface area contributed by atoms with Gasteiger partial charge in [0.05, 0.1) is 17.8 Å². The van der Waals surface area contributed by atoms with Gasteiger partial charge in [-0.3, -0.25) is 15.1 Å². The lowest BCUT2D eigenvalue weighted by Crippen LogP contribution is -2.13. The second kappa shape index (κ2) is 8.36. The summed E-state index contributed by atoms with van der Waals surface area (Å²) >= 11 is 5.79. The third-order valence-electron chi connectivity index (χ3n) is 3.75. The molecular weight excluding hydrogens is 382 g/mol. The van der Waals surface area contributed by atoms with Crippen molar-refractivity contribution in [3.05, 3.63) is 65.4 Å². The molecule has 0 bridgehead atoms. The monoisotopic (exact) mass is 397 g/mol. The van der Waals surface area contributed by atoms with Crippen LogP contribution in [0.2, 0.25) is 5.02 Å². The lowest BCUT2D eigenvalue weighted by atomic mass is 10.1. The highest BCUT2D eigenvalue weighted by atomic mass is 35.5. The number of aromatic nitrogens is 2. The van der Waals surface area contributed by atoms with Crippen LogP contribution in [0, 0.1) is 0 Å². The molecule has 0 saturated heterocycles. The number of hydrogen-bond donors (Lipinski definition) is 3. The largest absolute Gasteiger partial charge is 0.453 e. The Labute approximate surface area is 165 Å². The van der Waals surface area contributed by atoms with Gasteiger partial charge in [0.1, 0.15) is 5.82 Å². The second-order valence-corrected chi connectivity index (χ2v) is 6.10. The van der Waals surface area contributed by atoms with Crippen LogP contribution in [0.25, 0.3) is 11.3 Å². The fourth-order valence-electron chi connectivity index (χ4n) is 2.40. The number of halogens is 1. The molecule has 28 heavy (non-hydrogen) atoms. The Morgan fingerprint density at radius 1 is 1.07 bits per heavy atom. The average Bonchev–Trinajstić information content (AvgIpc) is 2.70. The smallest absolute Gasteiger partial charge is 0.411 e. The van der Waals surface area contributed by atoms with Crippen molar-refractivity contribution in [2.24, 2.45) is 0 Å². The minimum absolute atomic E-state index is 0.346. The number of nitrogens with zero attached hydrogens (tertiary/aromatic N) is 2. The molecular formula is C19H16ClN5O3. The first-order valence-electron chi connectivity index (χ1n) is 8.10. The van der Waals surface area contributed by atoms with E-state index >= 15 is 0 Å². The zero-order valence-corrected chi connectivity index (χ0v) is 15.5. The van der Waals surface area contributed by atoms with E-state index in [1.807, 2.05) is 0 Å². The van der Waals surface area contributed by atoms with E-state index in [0.29, 0.717) is 39.0 Å². The lowest BCUT2D eigenvalue weighted by Gasteiger charge is -2.10. The fourth-order valence-corrected chi connectivity index (χ4v) is 2.51. The van der Waals surface area contributed by atoms with Crippen LogP contribution in [0.4, 0.5) is 22.0 Å². The predicted octanol–water partition coefficient (Wildman–Crippen LogP) is 3.81. The Bertz CT molecular complexity index is 1020.